The zero-order valence-corrected chi connectivity index (χ0v) is 14.6. The molecule has 1 aliphatic heterocycles. The number of ether oxygens (including phenoxy) is 1. The van der Waals surface area contributed by atoms with E-state index < -0.39 is 20.7 Å². The second-order valence-electron chi connectivity index (χ2n) is 5.30. The molecule has 0 radical (unpaired) electrons. The maximum absolute atomic E-state index is 14.1. The van der Waals surface area contributed by atoms with Crippen LogP contribution in [-0.4, -0.2) is 21.6 Å². The van der Waals surface area contributed by atoms with Gasteiger partial charge in [0.2, 0.25) is 10.0 Å². The summed E-state index contributed by atoms with van der Waals surface area (Å²) in [6.07, 6.45) is 0. The van der Waals surface area contributed by atoms with Crippen LogP contribution in [0.25, 0.3) is 0 Å². The van der Waals surface area contributed by atoms with Crippen LogP contribution in [0.15, 0.2) is 35.2 Å². The first-order chi connectivity index (χ1) is 11.3. The number of rotatable bonds is 3. The van der Waals surface area contributed by atoms with Gasteiger partial charge in [-0.2, -0.15) is 0 Å². The minimum Gasteiger partial charge on any atom is -0.490 e. The van der Waals surface area contributed by atoms with Crippen molar-refractivity contribution in [3.8, 4) is 5.75 Å². The van der Waals surface area contributed by atoms with E-state index in [-0.39, 0.29) is 5.02 Å². The number of nitrogens with zero attached hydrogens (tertiary/aromatic N) is 1. The zero-order valence-electron chi connectivity index (χ0n) is 12.3. The fourth-order valence-corrected chi connectivity index (χ4v) is 3.59. The lowest BCUT2D eigenvalue weighted by molar-refractivity contribution is 0.307. The van der Waals surface area contributed by atoms with Gasteiger partial charge in [0.15, 0.2) is 0 Å². The van der Waals surface area contributed by atoms with Crippen molar-refractivity contribution in [1.82, 2.24) is 0 Å². The number of nitrogens with two attached hydrogens (primary N) is 1. The van der Waals surface area contributed by atoms with Gasteiger partial charge in [0.05, 0.1) is 12.2 Å². The Morgan fingerprint density at radius 1 is 1.25 bits per heavy atom. The number of fused-ring (bicyclic) bond motifs is 1. The van der Waals surface area contributed by atoms with Crippen LogP contribution in [0.4, 0.5) is 10.1 Å². The minimum atomic E-state index is -4.17. The summed E-state index contributed by atoms with van der Waals surface area (Å²) in [5.41, 5.74) is 1.25. The highest BCUT2D eigenvalue weighted by molar-refractivity contribution is 7.89. The molecule has 0 saturated heterocycles. The van der Waals surface area contributed by atoms with Crippen molar-refractivity contribution in [1.29, 1.82) is 0 Å². The third-order valence-electron chi connectivity index (χ3n) is 3.65. The fourth-order valence-electron chi connectivity index (χ4n) is 2.53. The summed E-state index contributed by atoms with van der Waals surface area (Å²) in [7, 11) is -4.17. The van der Waals surface area contributed by atoms with Crippen LogP contribution in [0.5, 0.6) is 5.75 Å². The number of hydrogen-bond acceptors (Lipinski definition) is 4. The Morgan fingerprint density at radius 2 is 2.00 bits per heavy atom. The Bertz CT molecular complexity index is 906. The lowest BCUT2D eigenvalue weighted by atomic mass is 10.1. The molecule has 0 aliphatic carbocycles. The highest BCUT2D eigenvalue weighted by atomic mass is 35.5. The van der Waals surface area contributed by atoms with Crippen LogP contribution < -0.4 is 14.8 Å². The number of anilines is 1. The molecule has 0 amide bonds. The van der Waals surface area contributed by atoms with Crippen LogP contribution >= 0.6 is 23.2 Å². The fraction of sp³-hybridized carbons (Fsp3) is 0.200. The number of sulfonamides is 1. The molecule has 0 fully saturated rings. The van der Waals surface area contributed by atoms with Gasteiger partial charge in [0, 0.05) is 22.7 Å². The highest BCUT2D eigenvalue weighted by Gasteiger charge is 2.22. The van der Waals surface area contributed by atoms with Gasteiger partial charge in [0.25, 0.3) is 0 Å². The molecule has 2 aromatic carbocycles. The van der Waals surface area contributed by atoms with Gasteiger partial charge < -0.3 is 9.64 Å². The van der Waals surface area contributed by atoms with E-state index in [2.05, 4.69) is 0 Å². The number of primary sulfonamides is 1. The van der Waals surface area contributed by atoms with Gasteiger partial charge in [-0.05, 0) is 29.8 Å². The molecule has 0 atom stereocenters. The van der Waals surface area contributed by atoms with E-state index in [4.69, 9.17) is 33.1 Å². The van der Waals surface area contributed by atoms with Crippen molar-refractivity contribution in [3.05, 3.63) is 51.8 Å². The molecule has 9 heteroatoms. The summed E-state index contributed by atoms with van der Waals surface area (Å²) in [4.78, 5) is 1.33. The molecule has 0 aromatic heterocycles. The molecular formula is C15H13Cl2FN2O3S. The van der Waals surface area contributed by atoms with Crippen LogP contribution in [0, 0.1) is 5.82 Å². The molecule has 2 N–H and O–H groups in total. The van der Waals surface area contributed by atoms with E-state index in [0.717, 1.165) is 17.8 Å². The van der Waals surface area contributed by atoms with Crippen LogP contribution in [-0.2, 0) is 16.6 Å². The van der Waals surface area contributed by atoms with Crippen molar-refractivity contribution in [2.75, 3.05) is 18.1 Å². The minimum absolute atomic E-state index is 0.127. The van der Waals surface area contributed by atoms with Gasteiger partial charge in [-0.15, -0.1) is 0 Å². The van der Waals surface area contributed by atoms with Crippen LogP contribution in [0.1, 0.15) is 5.56 Å². The van der Waals surface area contributed by atoms with Crippen LogP contribution in [0.2, 0.25) is 10.0 Å². The molecule has 0 saturated carbocycles. The quantitative estimate of drug-likeness (QED) is 0.873. The highest BCUT2D eigenvalue weighted by Crippen LogP contribution is 2.35. The molecule has 5 nitrogen and oxygen atoms in total. The predicted molar refractivity (Wildman–Crippen MR) is 90.8 cm³/mol. The van der Waals surface area contributed by atoms with Crippen LogP contribution in [0.3, 0.4) is 0 Å². The van der Waals surface area contributed by atoms with Crippen molar-refractivity contribution >= 4 is 38.9 Å². The Hall–Kier alpha value is -1.54. The number of hydrogen-bond donors (Lipinski definition) is 1. The first kappa shape index (κ1) is 17.3. The SMILES string of the molecule is NS(=O)(=O)c1cc(Cl)c(CN2CCOc3cc(Cl)ccc32)cc1F. The Labute approximate surface area is 148 Å². The first-order valence-electron chi connectivity index (χ1n) is 6.94. The molecule has 0 spiro atoms. The standard InChI is InChI=1S/C15H13Cl2FN2O3S/c16-10-1-2-13-14(6-10)23-4-3-20(13)8-9-5-12(18)15(7-11(9)17)24(19,21)22/h1-2,5-7H,3-4,8H2,(H2,19,21,22). The van der Waals surface area contributed by atoms with Crippen molar-refractivity contribution in [2.24, 2.45) is 5.14 Å². The molecule has 1 aliphatic rings. The van der Waals surface area contributed by atoms with Gasteiger partial charge in [-0.3, -0.25) is 0 Å². The maximum atomic E-state index is 14.1. The van der Waals surface area contributed by atoms with Gasteiger partial charge in [-0.25, -0.2) is 17.9 Å². The molecule has 3 rings (SSSR count). The average Bonchev–Trinajstić information content (AvgIpc) is 2.49. The summed E-state index contributed by atoms with van der Waals surface area (Å²) in [6.45, 7) is 1.31. The second-order valence-corrected chi connectivity index (χ2v) is 7.67. The first-order valence-corrected chi connectivity index (χ1v) is 9.24. The second kappa shape index (κ2) is 6.40. The monoisotopic (exact) mass is 390 g/mol. The molecule has 128 valence electrons. The zero-order chi connectivity index (χ0) is 17.5. The van der Waals surface area contributed by atoms with E-state index >= 15 is 0 Å². The van der Waals surface area contributed by atoms with Gasteiger partial charge in [0.1, 0.15) is 23.1 Å². The molecule has 24 heavy (non-hydrogen) atoms. The lowest BCUT2D eigenvalue weighted by Crippen LogP contribution is -2.32. The summed E-state index contributed by atoms with van der Waals surface area (Å²) in [6, 6.07) is 7.36. The topological polar surface area (TPSA) is 72.6 Å². The smallest absolute Gasteiger partial charge is 0.241 e. The Morgan fingerprint density at radius 3 is 2.71 bits per heavy atom. The average molecular weight is 391 g/mol. The number of benzene rings is 2. The number of halogens is 3. The molecule has 0 bridgehead atoms. The third-order valence-corrected chi connectivity index (χ3v) is 5.16. The van der Waals surface area contributed by atoms with E-state index in [1.807, 2.05) is 4.90 Å². The maximum Gasteiger partial charge on any atom is 0.241 e. The third kappa shape index (κ3) is 3.44. The molecule has 0 unspecified atom stereocenters. The van der Waals surface area contributed by atoms with Crippen molar-refractivity contribution in [3.63, 3.8) is 0 Å². The Balaban J connectivity index is 1.95. The van der Waals surface area contributed by atoms with Crippen molar-refractivity contribution in [2.45, 2.75) is 11.4 Å². The lowest BCUT2D eigenvalue weighted by Gasteiger charge is -2.31. The normalized spacial score (nSPS) is 14.2. The van der Waals surface area contributed by atoms with E-state index in [1.54, 1.807) is 18.2 Å². The Kier molecular flexibility index (Phi) is 4.61. The van der Waals surface area contributed by atoms with E-state index in [9.17, 15) is 12.8 Å². The molecule has 1 heterocycles. The molecule has 2 aromatic rings. The summed E-state index contributed by atoms with van der Waals surface area (Å²) >= 11 is 12.1. The summed E-state index contributed by atoms with van der Waals surface area (Å²) in [5.74, 6) is -0.298. The summed E-state index contributed by atoms with van der Waals surface area (Å²) in [5, 5.41) is 5.65. The van der Waals surface area contributed by atoms with Crippen molar-refractivity contribution < 1.29 is 17.5 Å². The largest absolute Gasteiger partial charge is 0.490 e. The van der Waals surface area contributed by atoms with Gasteiger partial charge >= 0.3 is 0 Å². The summed E-state index contributed by atoms with van der Waals surface area (Å²) < 4.78 is 42.3. The van der Waals surface area contributed by atoms with E-state index in [0.29, 0.717) is 36.0 Å². The van der Waals surface area contributed by atoms with E-state index in [1.165, 1.54) is 0 Å². The predicted octanol–water partition coefficient (Wildman–Crippen LogP) is 3.18. The molecular weight excluding hydrogens is 378 g/mol. The van der Waals surface area contributed by atoms with Gasteiger partial charge in [-0.1, -0.05) is 23.2 Å².